The van der Waals surface area contributed by atoms with E-state index in [2.05, 4.69) is 0 Å². The second kappa shape index (κ2) is 9.15. The van der Waals surface area contributed by atoms with Crippen molar-refractivity contribution in [2.24, 2.45) is 7.05 Å². The molecule has 0 spiro atoms. The Balaban J connectivity index is 3.23. The molecular weight excluding hydrogens is 298 g/mol. The van der Waals surface area contributed by atoms with Crippen molar-refractivity contribution in [3.8, 4) is 5.75 Å². The van der Waals surface area contributed by atoms with Crippen molar-refractivity contribution in [3.05, 3.63) is 33.3 Å². The molecule has 0 N–H and O–H groups in total. The largest absolute Gasteiger partial charge is 0.491 e. The van der Waals surface area contributed by atoms with Gasteiger partial charge in [0.1, 0.15) is 0 Å². The molecule has 1 rings (SSSR count). The Kier molecular flexibility index (Phi) is 7.54. The van der Waals surface area contributed by atoms with Crippen molar-refractivity contribution in [1.29, 1.82) is 0 Å². The van der Waals surface area contributed by atoms with Gasteiger partial charge in [-0.3, -0.25) is 4.79 Å². The van der Waals surface area contributed by atoms with Crippen molar-refractivity contribution < 1.29 is 19.0 Å². The normalized spacial score (nSPS) is 11.4. The molecule has 0 aromatic carbocycles. The van der Waals surface area contributed by atoms with Crippen molar-refractivity contribution in [1.82, 2.24) is 4.57 Å². The molecule has 23 heavy (non-hydrogen) atoms. The van der Waals surface area contributed by atoms with E-state index in [9.17, 15) is 9.59 Å². The summed E-state index contributed by atoms with van der Waals surface area (Å²) >= 11 is 0. The molecule has 0 atom stereocenters. The van der Waals surface area contributed by atoms with Gasteiger partial charge in [-0.15, -0.1) is 0 Å². The Morgan fingerprint density at radius 2 is 2.04 bits per heavy atom. The third-order valence-electron chi connectivity index (χ3n) is 3.43. The number of hydrogen-bond acceptors (Lipinski definition) is 5. The smallest absolute Gasteiger partial charge is 0.333 e. The van der Waals surface area contributed by atoms with E-state index in [0.29, 0.717) is 23.4 Å². The van der Waals surface area contributed by atoms with Crippen LogP contribution in [0.5, 0.6) is 5.75 Å². The van der Waals surface area contributed by atoms with Gasteiger partial charge in [0.25, 0.3) is 0 Å². The number of hydrogen-bond donors (Lipinski definition) is 0. The van der Waals surface area contributed by atoms with Gasteiger partial charge in [-0.05, 0) is 19.4 Å². The summed E-state index contributed by atoms with van der Waals surface area (Å²) in [6.07, 6.45) is 4.90. The molecule has 128 valence electrons. The minimum atomic E-state index is -0.424. The van der Waals surface area contributed by atoms with E-state index in [1.807, 2.05) is 6.92 Å². The Bertz CT molecular complexity index is 631. The fourth-order valence-electron chi connectivity index (χ4n) is 2.08. The van der Waals surface area contributed by atoms with E-state index >= 15 is 0 Å². The van der Waals surface area contributed by atoms with Crippen molar-refractivity contribution in [2.75, 3.05) is 20.8 Å². The van der Waals surface area contributed by atoms with Gasteiger partial charge in [0.2, 0.25) is 5.43 Å². The third kappa shape index (κ3) is 4.96. The van der Waals surface area contributed by atoms with E-state index in [1.54, 1.807) is 31.8 Å². The fourth-order valence-corrected chi connectivity index (χ4v) is 2.08. The predicted molar refractivity (Wildman–Crippen MR) is 88.5 cm³/mol. The molecule has 0 amide bonds. The summed E-state index contributed by atoms with van der Waals surface area (Å²) in [5.74, 6) is -0.211. The van der Waals surface area contributed by atoms with Gasteiger partial charge in [-0.2, -0.15) is 0 Å². The number of carbonyl (C=O) groups is 1. The van der Waals surface area contributed by atoms with Gasteiger partial charge in [0.05, 0.1) is 32.2 Å². The highest BCUT2D eigenvalue weighted by Gasteiger charge is 2.15. The zero-order chi connectivity index (χ0) is 17.4. The molecule has 0 aliphatic rings. The standard InChI is InChI=1S/C17H25NO5/c1-6-7-8-23-17(20)12(2)9-13-14(11-21-4)18(3)10-15(22-5)16(13)19/h9-10H,6-8,11H2,1-5H3/b12-9+. The van der Waals surface area contributed by atoms with E-state index in [1.165, 1.54) is 13.2 Å². The molecule has 0 radical (unpaired) electrons. The van der Waals surface area contributed by atoms with E-state index in [-0.39, 0.29) is 17.8 Å². The van der Waals surface area contributed by atoms with Crippen LogP contribution in [-0.4, -0.2) is 31.4 Å². The number of aromatic nitrogens is 1. The quantitative estimate of drug-likeness (QED) is 0.417. The van der Waals surface area contributed by atoms with Gasteiger partial charge >= 0.3 is 5.97 Å². The Morgan fingerprint density at radius 1 is 1.35 bits per heavy atom. The van der Waals surface area contributed by atoms with Crippen molar-refractivity contribution in [2.45, 2.75) is 33.3 Å². The van der Waals surface area contributed by atoms with Crippen LogP contribution in [0.4, 0.5) is 0 Å². The maximum Gasteiger partial charge on any atom is 0.333 e. The van der Waals surface area contributed by atoms with Gasteiger partial charge in [0.15, 0.2) is 5.75 Å². The van der Waals surface area contributed by atoms with Crippen LogP contribution in [-0.2, 0) is 27.9 Å². The highest BCUT2D eigenvalue weighted by atomic mass is 16.5. The van der Waals surface area contributed by atoms with Crippen LogP contribution in [0, 0.1) is 0 Å². The Labute approximate surface area is 136 Å². The number of carbonyl (C=O) groups excluding carboxylic acids is 1. The van der Waals surface area contributed by atoms with E-state index in [4.69, 9.17) is 14.2 Å². The summed E-state index contributed by atoms with van der Waals surface area (Å²) in [5.41, 5.74) is 1.12. The molecule has 0 aliphatic carbocycles. The number of unbranched alkanes of at least 4 members (excludes halogenated alkanes) is 1. The number of rotatable bonds is 8. The molecule has 0 unspecified atom stereocenters. The number of ether oxygens (including phenoxy) is 3. The summed E-state index contributed by atoms with van der Waals surface area (Å²) in [4.78, 5) is 24.5. The first-order valence-electron chi connectivity index (χ1n) is 7.57. The average molecular weight is 323 g/mol. The molecule has 6 heteroatoms. The van der Waals surface area contributed by atoms with Gasteiger partial charge in [-0.25, -0.2) is 4.79 Å². The zero-order valence-electron chi connectivity index (χ0n) is 14.5. The van der Waals surface area contributed by atoms with Gasteiger partial charge in [0, 0.05) is 25.3 Å². The first-order chi connectivity index (χ1) is 11.0. The summed E-state index contributed by atoms with van der Waals surface area (Å²) in [6.45, 7) is 4.28. The molecule has 1 heterocycles. The molecule has 1 aromatic rings. The Morgan fingerprint density at radius 3 is 2.61 bits per heavy atom. The van der Waals surface area contributed by atoms with Crippen LogP contribution in [0.2, 0.25) is 0 Å². The zero-order valence-corrected chi connectivity index (χ0v) is 14.5. The van der Waals surface area contributed by atoms with Crippen LogP contribution in [0.15, 0.2) is 16.6 Å². The monoisotopic (exact) mass is 323 g/mol. The first kappa shape index (κ1) is 19.0. The summed E-state index contributed by atoms with van der Waals surface area (Å²) < 4.78 is 17.2. The molecule has 0 saturated heterocycles. The SMILES string of the molecule is CCCCOC(=O)/C(C)=C/c1c(COC)n(C)cc(OC)c1=O. The highest BCUT2D eigenvalue weighted by Crippen LogP contribution is 2.15. The number of pyridine rings is 1. The maximum atomic E-state index is 12.5. The van der Waals surface area contributed by atoms with Crippen molar-refractivity contribution in [3.63, 3.8) is 0 Å². The van der Waals surface area contributed by atoms with Crippen LogP contribution < -0.4 is 10.2 Å². The predicted octanol–water partition coefficient (Wildman–Crippen LogP) is 2.29. The second-order valence-corrected chi connectivity index (χ2v) is 5.25. The summed E-state index contributed by atoms with van der Waals surface area (Å²) in [6, 6.07) is 0. The molecule has 1 aromatic heterocycles. The lowest BCUT2D eigenvalue weighted by Crippen LogP contribution is -2.18. The minimum Gasteiger partial charge on any atom is -0.491 e. The molecular formula is C17H25NO5. The average Bonchev–Trinajstić information content (AvgIpc) is 2.53. The van der Waals surface area contributed by atoms with Gasteiger partial charge in [-0.1, -0.05) is 13.3 Å². The minimum absolute atomic E-state index is 0.214. The molecule has 0 fully saturated rings. The van der Waals surface area contributed by atoms with Crippen LogP contribution in [0.3, 0.4) is 0 Å². The fraction of sp³-hybridized carbons (Fsp3) is 0.529. The number of esters is 1. The second-order valence-electron chi connectivity index (χ2n) is 5.25. The topological polar surface area (TPSA) is 66.8 Å². The highest BCUT2D eigenvalue weighted by molar-refractivity contribution is 5.93. The molecule has 0 aliphatic heterocycles. The van der Waals surface area contributed by atoms with Crippen LogP contribution in [0.1, 0.15) is 37.9 Å². The van der Waals surface area contributed by atoms with Gasteiger partial charge < -0.3 is 18.8 Å². The molecule has 0 saturated carbocycles. The summed E-state index contributed by atoms with van der Waals surface area (Å²) in [7, 11) is 4.78. The number of methoxy groups -OCH3 is 2. The first-order valence-corrected chi connectivity index (χ1v) is 7.57. The lowest BCUT2D eigenvalue weighted by molar-refractivity contribution is -0.138. The number of nitrogens with zero attached hydrogens (tertiary/aromatic N) is 1. The Hall–Kier alpha value is -2.08. The van der Waals surface area contributed by atoms with E-state index in [0.717, 1.165) is 12.8 Å². The third-order valence-corrected chi connectivity index (χ3v) is 3.43. The van der Waals surface area contributed by atoms with E-state index < -0.39 is 5.97 Å². The molecule has 0 bridgehead atoms. The van der Waals surface area contributed by atoms with Crippen molar-refractivity contribution >= 4 is 12.0 Å². The maximum absolute atomic E-state index is 12.5. The van der Waals surface area contributed by atoms with Crippen LogP contribution >= 0.6 is 0 Å². The lowest BCUT2D eigenvalue weighted by Gasteiger charge is -2.14. The lowest BCUT2D eigenvalue weighted by atomic mass is 10.1. The number of aryl methyl sites for hydroxylation is 1. The molecule has 6 nitrogen and oxygen atoms in total. The summed E-state index contributed by atoms with van der Waals surface area (Å²) in [5, 5.41) is 0. The van der Waals surface area contributed by atoms with Crippen LogP contribution in [0.25, 0.3) is 6.08 Å².